The lowest BCUT2D eigenvalue weighted by Gasteiger charge is -2.26. The van der Waals surface area contributed by atoms with Crippen LogP contribution in [0, 0.1) is 5.92 Å². The molecule has 1 amide bonds. The third-order valence-electron chi connectivity index (χ3n) is 6.69. The maximum absolute atomic E-state index is 13.4. The van der Waals surface area contributed by atoms with E-state index < -0.39 is 17.7 Å². The predicted octanol–water partition coefficient (Wildman–Crippen LogP) is 5.50. The molecule has 1 unspecified atom stereocenters. The van der Waals surface area contributed by atoms with E-state index in [9.17, 15) is 14.7 Å². The Bertz CT molecular complexity index is 1360. The van der Waals surface area contributed by atoms with E-state index in [1.165, 1.54) is 4.90 Å². The average Bonchev–Trinajstić information content (AvgIpc) is 3.18. The van der Waals surface area contributed by atoms with Crippen molar-refractivity contribution in [2.75, 3.05) is 19.8 Å². The molecular formula is C31H31NO6. The quantitative estimate of drug-likeness (QED) is 0.243. The van der Waals surface area contributed by atoms with Gasteiger partial charge in [0.15, 0.2) is 11.5 Å². The Labute approximate surface area is 222 Å². The Balaban J connectivity index is 1.57. The SMILES string of the molecule is CC(C)CCOc1cccc(C2C(=C(O)c3ccc4c(c3)OCCO4)C(=O)C(=O)N2Cc2ccccc2)c1. The van der Waals surface area contributed by atoms with Crippen LogP contribution in [0.4, 0.5) is 0 Å². The van der Waals surface area contributed by atoms with E-state index in [1.54, 1.807) is 18.2 Å². The summed E-state index contributed by atoms with van der Waals surface area (Å²) in [6.45, 7) is 5.87. The van der Waals surface area contributed by atoms with Crippen LogP contribution in [0.5, 0.6) is 17.2 Å². The number of carbonyl (C=O) groups excluding carboxylic acids is 2. The number of benzene rings is 3. The number of rotatable bonds is 8. The molecule has 38 heavy (non-hydrogen) atoms. The lowest BCUT2D eigenvalue weighted by Crippen LogP contribution is -2.29. The van der Waals surface area contributed by atoms with Gasteiger partial charge in [-0.3, -0.25) is 9.59 Å². The summed E-state index contributed by atoms with van der Waals surface area (Å²) in [6, 6.07) is 21.1. The molecule has 0 radical (unpaired) electrons. The Hall–Kier alpha value is -4.26. The summed E-state index contributed by atoms with van der Waals surface area (Å²) in [5, 5.41) is 11.4. The van der Waals surface area contributed by atoms with Gasteiger partial charge >= 0.3 is 0 Å². The van der Waals surface area contributed by atoms with Gasteiger partial charge in [0.05, 0.1) is 18.2 Å². The summed E-state index contributed by atoms with van der Waals surface area (Å²) >= 11 is 0. The first-order chi connectivity index (χ1) is 18.4. The highest BCUT2D eigenvalue weighted by molar-refractivity contribution is 6.46. The van der Waals surface area contributed by atoms with Crippen molar-refractivity contribution in [1.29, 1.82) is 0 Å². The van der Waals surface area contributed by atoms with Crippen LogP contribution in [-0.2, 0) is 16.1 Å². The molecule has 2 aliphatic rings. The number of hydrogen-bond acceptors (Lipinski definition) is 6. The zero-order valence-corrected chi connectivity index (χ0v) is 21.6. The molecule has 1 atom stereocenters. The standard InChI is InChI=1S/C31H31NO6/c1-20(2)13-14-36-24-10-6-9-22(17-24)28-27(29(33)23-11-12-25-26(18-23)38-16-15-37-25)30(34)31(35)32(28)19-21-7-4-3-5-8-21/h3-12,17-18,20,28,33H,13-16,19H2,1-2H3. The fraction of sp³-hybridized carbons (Fsp3) is 0.290. The number of amides is 1. The highest BCUT2D eigenvalue weighted by atomic mass is 16.6. The van der Waals surface area contributed by atoms with Gasteiger partial charge in [-0.2, -0.15) is 0 Å². The minimum Gasteiger partial charge on any atom is -0.507 e. The smallest absolute Gasteiger partial charge is 0.295 e. The fourth-order valence-electron chi connectivity index (χ4n) is 4.70. The minimum absolute atomic E-state index is 0.0296. The lowest BCUT2D eigenvalue weighted by molar-refractivity contribution is -0.140. The van der Waals surface area contributed by atoms with Gasteiger partial charge in [-0.05, 0) is 53.8 Å². The van der Waals surface area contributed by atoms with Crippen LogP contribution < -0.4 is 14.2 Å². The minimum atomic E-state index is -0.794. The van der Waals surface area contributed by atoms with Crippen molar-refractivity contribution < 1.29 is 28.9 Å². The topological polar surface area (TPSA) is 85.3 Å². The highest BCUT2D eigenvalue weighted by Crippen LogP contribution is 2.42. The van der Waals surface area contributed by atoms with Crippen molar-refractivity contribution in [2.24, 2.45) is 5.92 Å². The first kappa shape index (κ1) is 25.4. The second kappa shape index (κ2) is 11.0. The van der Waals surface area contributed by atoms with E-state index in [4.69, 9.17) is 14.2 Å². The van der Waals surface area contributed by atoms with Crippen molar-refractivity contribution >= 4 is 17.4 Å². The summed E-state index contributed by atoms with van der Waals surface area (Å²) < 4.78 is 17.2. The Kier molecular flexibility index (Phi) is 7.36. The monoisotopic (exact) mass is 513 g/mol. The second-order valence-corrected chi connectivity index (χ2v) is 9.87. The summed E-state index contributed by atoms with van der Waals surface area (Å²) in [5.74, 6) is 0.548. The van der Waals surface area contributed by atoms with Gasteiger partial charge in [0.2, 0.25) is 0 Å². The number of nitrogens with zero attached hydrogens (tertiary/aromatic N) is 1. The van der Waals surface area contributed by atoms with Crippen LogP contribution in [0.15, 0.2) is 78.4 Å². The van der Waals surface area contributed by atoms with Gasteiger partial charge < -0.3 is 24.2 Å². The van der Waals surface area contributed by atoms with E-state index in [-0.39, 0.29) is 17.9 Å². The zero-order valence-electron chi connectivity index (χ0n) is 21.6. The maximum atomic E-state index is 13.4. The number of aliphatic hydroxyl groups is 1. The van der Waals surface area contributed by atoms with Gasteiger partial charge in [0.1, 0.15) is 24.7 Å². The van der Waals surface area contributed by atoms with E-state index in [1.807, 2.05) is 54.6 Å². The van der Waals surface area contributed by atoms with Crippen LogP contribution in [0.3, 0.4) is 0 Å². The fourth-order valence-corrected chi connectivity index (χ4v) is 4.70. The van der Waals surface area contributed by atoms with E-state index in [0.29, 0.717) is 54.1 Å². The highest BCUT2D eigenvalue weighted by Gasteiger charge is 2.46. The van der Waals surface area contributed by atoms with E-state index >= 15 is 0 Å². The summed E-state index contributed by atoms with van der Waals surface area (Å²) in [5.41, 5.74) is 1.97. The molecule has 2 aliphatic heterocycles. The van der Waals surface area contributed by atoms with Crippen molar-refractivity contribution in [2.45, 2.75) is 32.9 Å². The van der Waals surface area contributed by atoms with Crippen molar-refractivity contribution in [1.82, 2.24) is 4.90 Å². The van der Waals surface area contributed by atoms with Crippen LogP contribution in [-0.4, -0.2) is 41.5 Å². The summed E-state index contributed by atoms with van der Waals surface area (Å²) in [6.07, 6.45) is 0.904. The van der Waals surface area contributed by atoms with Crippen LogP contribution in [0.2, 0.25) is 0 Å². The van der Waals surface area contributed by atoms with Crippen molar-refractivity contribution in [3.8, 4) is 17.2 Å². The van der Waals surface area contributed by atoms with Crippen LogP contribution in [0.25, 0.3) is 5.76 Å². The normalized spacial score (nSPS) is 18.2. The zero-order chi connectivity index (χ0) is 26.6. The van der Waals surface area contributed by atoms with Crippen molar-refractivity contribution in [3.63, 3.8) is 0 Å². The lowest BCUT2D eigenvalue weighted by atomic mass is 9.94. The van der Waals surface area contributed by atoms with Gasteiger partial charge in [0, 0.05) is 12.1 Å². The Morgan fingerprint density at radius 1 is 0.974 bits per heavy atom. The first-order valence-corrected chi connectivity index (χ1v) is 12.9. The molecule has 1 saturated heterocycles. The second-order valence-electron chi connectivity index (χ2n) is 9.87. The number of hydrogen-bond donors (Lipinski definition) is 1. The van der Waals surface area contributed by atoms with Gasteiger partial charge in [-0.15, -0.1) is 0 Å². The maximum Gasteiger partial charge on any atom is 0.295 e. The van der Waals surface area contributed by atoms with Gasteiger partial charge in [-0.25, -0.2) is 0 Å². The molecule has 5 rings (SSSR count). The molecule has 0 aromatic heterocycles. The predicted molar refractivity (Wildman–Crippen MR) is 143 cm³/mol. The number of likely N-dealkylation sites (tertiary alicyclic amines) is 1. The molecule has 1 N–H and O–H groups in total. The molecule has 2 heterocycles. The number of ether oxygens (including phenoxy) is 3. The number of carbonyl (C=O) groups is 2. The molecule has 0 saturated carbocycles. The third kappa shape index (κ3) is 5.23. The van der Waals surface area contributed by atoms with E-state index in [2.05, 4.69) is 13.8 Å². The average molecular weight is 514 g/mol. The van der Waals surface area contributed by atoms with E-state index in [0.717, 1.165) is 12.0 Å². The third-order valence-corrected chi connectivity index (χ3v) is 6.69. The summed E-state index contributed by atoms with van der Waals surface area (Å²) in [4.78, 5) is 28.3. The Morgan fingerprint density at radius 2 is 1.74 bits per heavy atom. The number of ketones is 1. The molecule has 3 aromatic rings. The molecule has 0 spiro atoms. The largest absolute Gasteiger partial charge is 0.507 e. The first-order valence-electron chi connectivity index (χ1n) is 12.9. The Morgan fingerprint density at radius 3 is 2.50 bits per heavy atom. The van der Waals surface area contributed by atoms with Crippen LogP contribution >= 0.6 is 0 Å². The number of Topliss-reactive ketones (excluding diaryl/α,β-unsaturated/α-hetero) is 1. The number of fused-ring (bicyclic) bond motifs is 1. The molecule has 1 fully saturated rings. The van der Waals surface area contributed by atoms with Crippen molar-refractivity contribution in [3.05, 3.63) is 95.1 Å². The molecule has 196 valence electrons. The molecule has 7 heteroatoms. The van der Waals surface area contributed by atoms with Gasteiger partial charge in [-0.1, -0.05) is 56.3 Å². The molecule has 0 aliphatic carbocycles. The molecule has 7 nitrogen and oxygen atoms in total. The molecule has 3 aromatic carbocycles. The molecule has 0 bridgehead atoms. The van der Waals surface area contributed by atoms with Gasteiger partial charge in [0.25, 0.3) is 11.7 Å². The van der Waals surface area contributed by atoms with Crippen LogP contribution in [0.1, 0.15) is 43.0 Å². The molecular weight excluding hydrogens is 482 g/mol. The number of aliphatic hydroxyl groups excluding tert-OH is 1. The summed E-state index contributed by atoms with van der Waals surface area (Å²) in [7, 11) is 0.